The molecule has 17 heavy (non-hydrogen) atoms. The van der Waals surface area contributed by atoms with Crippen molar-refractivity contribution in [3.63, 3.8) is 0 Å². The molecule has 1 aromatic rings. The topological polar surface area (TPSA) is 41.5 Å². The van der Waals surface area contributed by atoms with Crippen LogP contribution in [0.4, 0.5) is 0 Å². The van der Waals surface area contributed by atoms with Crippen LogP contribution in [0.5, 0.6) is 5.75 Å². The van der Waals surface area contributed by atoms with E-state index in [2.05, 4.69) is 31.3 Å². The minimum absolute atomic E-state index is 0.0458. The molecule has 2 N–H and O–H groups in total. The molecule has 3 heteroatoms. The Kier molecular flexibility index (Phi) is 6.01. The van der Waals surface area contributed by atoms with Crippen LogP contribution in [0, 0.1) is 6.92 Å². The average Bonchev–Trinajstić information content (AvgIpc) is 2.33. The molecule has 0 spiro atoms. The number of aryl methyl sites for hydroxylation is 1. The maximum atomic E-state index is 8.83. The summed E-state index contributed by atoms with van der Waals surface area (Å²) < 4.78 is 5.58. The van der Waals surface area contributed by atoms with Crippen LogP contribution in [0.2, 0.25) is 0 Å². The number of benzene rings is 1. The van der Waals surface area contributed by atoms with E-state index < -0.39 is 0 Å². The van der Waals surface area contributed by atoms with Crippen LogP contribution >= 0.6 is 0 Å². The fraction of sp³-hybridized carbons (Fsp3) is 0.571. The fourth-order valence-electron chi connectivity index (χ4n) is 1.75. The van der Waals surface area contributed by atoms with Crippen molar-refractivity contribution >= 4 is 0 Å². The predicted octanol–water partition coefficient (Wildman–Crippen LogP) is 2.43. The molecule has 1 unspecified atom stereocenters. The second kappa shape index (κ2) is 7.30. The number of hydrogen-bond donors (Lipinski definition) is 2. The van der Waals surface area contributed by atoms with Crippen LogP contribution in [0.25, 0.3) is 0 Å². The Morgan fingerprint density at radius 3 is 2.82 bits per heavy atom. The summed E-state index contributed by atoms with van der Waals surface area (Å²) >= 11 is 0. The highest BCUT2D eigenvalue weighted by atomic mass is 16.5. The minimum Gasteiger partial charge on any atom is -0.491 e. The summed E-state index contributed by atoms with van der Waals surface area (Å²) in [5.41, 5.74) is 2.32. The van der Waals surface area contributed by atoms with Gasteiger partial charge in [-0.05, 0) is 38.4 Å². The first-order valence-electron chi connectivity index (χ1n) is 6.26. The highest BCUT2D eigenvalue weighted by Crippen LogP contribution is 2.26. The van der Waals surface area contributed by atoms with Gasteiger partial charge < -0.3 is 15.2 Å². The molecule has 0 aromatic heterocycles. The van der Waals surface area contributed by atoms with Crippen molar-refractivity contribution in [3.05, 3.63) is 29.3 Å². The zero-order valence-electron chi connectivity index (χ0n) is 11.0. The van der Waals surface area contributed by atoms with Gasteiger partial charge in [0.15, 0.2) is 0 Å². The van der Waals surface area contributed by atoms with Crippen molar-refractivity contribution in [1.82, 2.24) is 5.32 Å². The van der Waals surface area contributed by atoms with Gasteiger partial charge in [0.1, 0.15) is 12.4 Å². The van der Waals surface area contributed by atoms with Crippen molar-refractivity contribution in [1.29, 1.82) is 0 Å². The van der Waals surface area contributed by atoms with Gasteiger partial charge in [-0.2, -0.15) is 0 Å². The standard InChI is InChI=1S/C14H23NO2/c1-4-7-15-12(3)13-6-5-11(2)10-14(13)17-9-8-16/h5-6,10,12,15-16H,4,7-9H2,1-3H3. The Hall–Kier alpha value is -1.06. The van der Waals surface area contributed by atoms with Crippen LogP contribution in [0.3, 0.4) is 0 Å². The van der Waals surface area contributed by atoms with E-state index in [-0.39, 0.29) is 12.6 Å². The van der Waals surface area contributed by atoms with Gasteiger partial charge in [0.25, 0.3) is 0 Å². The third-order valence-corrected chi connectivity index (χ3v) is 2.68. The molecular formula is C14H23NO2. The summed E-state index contributed by atoms with van der Waals surface area (Å²) in [5.74, 6) is 0.871. The molecule has 0 radical (unpaired) electrons. The fourth-order valence-corrected chi connectivity index (χ4v) is 1.75. The first-order valence-corrected chi connectivity index (χ1v) is 6.26. The molecule has 1 atom stereocenters. The lowest BCUT2D eigenvalue weighted by molar-refractivity contribution is 0.199. The van der Waals surface area contributed by atoms with E-state index in [0.717, 1.165) is 24.3 Å². The Morgan fingerprint density at radius 2 is 2.18 bits per heavy atom. The maximum absolute atomic E-state index is 8.83. The Morgan fingerprint density at radius 1 is 1.41 bits per heavy atom. The molecule has 96 valence electrons. The lowest BCUT2D eigenvalue weighted by atomic mass is 10.0. The van der Waals surface area contributed by atoms with Crippen molar-refractivity contribution in [2.24, 2.45) is 0 Å². The monoisotopic (exact) mass is 237 g/mol. The van der Waals surface area contributed by atoms with Crippen LogP contribution in [0.1, 0.15) is 37.4 Å². The van der Waals surface area contributed by atoms with Gasteiger partial charge in [0.05, 0.1) is 6.61 Å². The number of ether oxygens (including phenoxy) is 1. The van der Waals surface area contributed by atoms with Crippen molar-refractivity contribution < 1.29 is 9.84 Å². The van der Waals surface area contributed by atoms with E-state index in [4.69, 9.17) is 9.84 Å². The molecule has 3 nitrogen and oxygen atoms in total. The minimum atomic E-state index is 0.0458. The zero-order valence-corrected chi connectivity index (χ0v) is 11.0. The number of aliphatic hydroxyl groups is 1. The Bertz CT molecular complexity index is 339. The van der Waals surface area contributed by atoms with E-state index in [9.17, 15) is 0 Å². The van der Waals surface area contributed by atoms with E-state index in [1.807, 2.05) is 13.0 Å². The highest BCUT2D eigenvalue weighted by molar-refractivity contribution is 5.39. The van der Waals surface area contributed by atoms with Gasteiger partial charge in [-0.25, -0.2) is 0 Å². The maximum Gasteiger partial charge on any atom is 0.124 e. The van der Waals surface area contributed by atoms with Crippen LogP contribution in [-0.2, 0) is 0 Å². The van der Waals surface area contributed by atoms with E-state index >= 15 is 0 Å². The van der Waals surface area contributed by atoms with Crippen LogP contribution in [0.15, 0.2) is 18.2 Å². The molecule has 0 saturated carbocycles. The normalized spacial score (nSPS) is 12.5. The first-order chi connectivity index (χ1) is 8.19. The quantitative estimate of drug-likeness (QED) is 0.765. The molecule has 0 saturated heterocycles. The van der Waals surface area contributed by atoms with Crippen molar-refractivity contribution in [2.45, 2.75) is 33.2 Å². The van der Waals surface area contributed by atoms with E-state index in [1.54, 1.807) is 0 Å². The molecule has 0 fully saturated rings. The van der Waals surface area contributed by atoms with Crippen LogP contribution in [-0.4, -0.2) is 24.9 Å². The van der Waals surface area contributed by atoms with Gasteiger partial charge in [0, 0.05) is 11.6 Å². The first kappa shape index (κ1) is 14.0. The van der Waals surface area contributed by atoms with Crippen molar-refractivity contribution in [2.75, 3.05) is 19.8 Å². The van der Waals surface area contributed by atoms with Gasteiger partial charge in [-0.1, -0.05) is 19.1 Å². The van der Waals surface area contributed by atoms with Crippen molar-refractivity contribution in [3.8, 4) is 5.75 Å². The summed E-state index contributed by atoms with van der Waals surface area (Å²) in [7, 11) is 0. The molecule has 0 aliphatic heterocycles. The van der Waals surface area contributed by atoms with Gasteiger partial charge in [0.2, 0.25) is 0 Å². The number of aliphatic hydroxyl groups excluding tert-OH is 1. The molecule has 0 aliphatic carbocycles. The molecule has 1 rings (SSSR count). The summed E-state index contributed by atoms with van der Waals surface area (Å²) in [6.07, 6.45) is 1.11. The average molecular weight is 237 g/mol. The second-order valence-electron chi connectivity index (χ2n) is 4.29. The van der Waals surface area contributed by atoms with Gasteiger partial charge in [-0.3, -0.25) is 0 Å². The molecule has 0 heterocycles. The molecular weight excluding hydrogens is 214 g/mol. The second-order valence-corrected chi connectivity index (χ2v) is 4.29. The van der Waals surface area contributed by atoms with Crippen LogP contribution < -0.4 is 10.1 Å². The summed E-state index contributed by atoms with van der Waals surface area (Å²) in [4.78, 5) is 0. The molecule has 0 aliphatic rings. The SMILES string of the molecule is CCCNC(C)c1ccc(C)cc1OCCO. The summed E-state index contributed by atoms with van der Waals surface area (Å²) in [6.45, 7) is 7.71. The lowest BCUT2D eigenvalue weighted by Gasteiger charge is -2.18. The summed E-state index contributed by atoms with van der Waals surface area (Å²) in [5, 5.41) is 12.3. The summed E-state index contributed by atoms with van der Waals surface area (Å²) in [6, 6.07) is 6.47. The third-order valence-electron chi connectivity index (χ3n) is 2.68. The largest absolute Gasteiger partial charge is 0.491 e. The van der Waals surface area contributed by atoms with E-state index in [1.165, 1.54) is 5.56 Å². The number of rotatable bonds is 7. The highest BCUT2D eigenvalue weighted by Gasteiger charge is 2.11. The molecule has 1 aromatic carbocycles. The third kappa shape index (κ3) is 4.36. The van der Waals surface area contributed by atoms with Gasteiger partial charge in [-0.15, -0.1) is 0 Å². The van der Waals surface area contributed by atoms with E-state index in [0.29, 0.717) is 6.61 Å². The molecule has 0 amide bonds. The molecule has 0 bridgehead atoms. The Labute approximate surface area is 104 Å². The van der Waals surface area contributed by atoms with Gasteiger partial charge >= 0.3 is 0 Å². The predicted molar refractivity (Wildman–Crippen MR) is 70.5 cm³/mol. The number of nitrogens with one attached hydrogen (secondary N) is 1. The smallest absolute Gasteiger partial charge is 0.124 e. The zero-order chi connectivity index (χ0) is 12.7. The number of hydrogen-bond acceptors (Lipinski definition) is 3. The Balaban J connectivity index is 2.80. The lowest BCUT2D eigenvalue weighted by Crippen LogP contribution is -2.20.